The lowest BCUT2D eigenvalue weighted by molar-refractivity contribution is -0.129. The van der Waals surface area contributed by atoms with Gasteiger partial charge in [-0.15, -0.1) is 0 Å². The van der Waals surface area contributed by atoms with Gasteiger partial charge in [0.25, 0.3) is 5.91 Å². The van der Waals surface area contributed by atoms with E-state index in [1.807, 2.05) is 42.5 Å². The minimum absolute atomic E-state index is 0.201. The Labute approximate surface area is 186 Å². The summed E-state index contributed by atoms with van der Waals surface area (Å²) in [6.45, 7) is 0. The number of amides is 3. The molecule has 0 aliphatic rings. The SMILES string of the molecule is O=C(CCCCCC(NC(=O)c1cnc2ccccc2c1)C(=O)Nc1ccccc1)NO. The summed E-state index contributed by atoms with van der Waals surface area (Å²) < 4.78 is 0. The summed E-state index contributed by atoms with van der Waals surface area (Å²) >= 11 is 0. The van der Waals surface area contributed by atoms with Crippen LogP contribution >= 0.6 is 0 Å². The van der Waals surface area contributed by atoms with E-state index in [1.54, 1.807) is 23.7 Å². The van der Waals surface area contributed by atoms with Crippen LogP contribution in [-0.4, -0.2) is 34.0 Å². The minimum atomic E-state index is -0.749. The number of carbonyl (C=O) groups excluding carboxylic acids is 3. The van der Waals surface area contributed by atoms with Crippen LogP contribution in [0.25, 0.3) is 10.9 Å². The molecule has 0 spiro atoms. The predicted molar refractivity (Wildman–Crippen MR) is 121 cm³/mol. The molecule has 8 nitrogen and oxygen atoms in total. The van der Waals surface area contributed by atoms with Gasteiger partial charge in [-0.25, -0.2) is 5.48 Å². The molecule has 1 atom stereocenters. The van der Waals surface area contributed by atoms with Crippen molar-refractivity contribution in [3.63, 3.8) is 0 Å². The van der Waals surface area contributed by atoms with Crippen molar-refractivity contribution in [3.8, 4) is 0 Å². The summed E-state index contributed by atoms with van der Waals surface area (Å²) in [5.74, 6) is -1.14. The van der Waals surface area contributed by atoms with E-state index in [0.29, 0.717) is 36.9 Å². The van der Waals surface area contributed by atoms with E-state index in [1.165, 1.54) is 6.20 Å². The first kappa shape index (κ1) is 22.9. The van der Waals surface area contributed by atoms with Gasteiger partial charge in [0.2, 0.25) is 11.8 Å². The highest BCUT2D eigenvalue weighted by Crippen LogP contribution is 2.14. The van der Waals surface area contributed by atoms with Crippen molar-refractivity contribution in [3.05, 3.63) is 72.4 Å². The summed E-state index contributed by atoms with van der Waals surface area (Å²) in [5, 5.41) is 15.1. The van der Waals surface area contributed by atoms with Crippen LogP contribution in [-0.2, 0) is 9.59 Å². The number of nitrogens with zero attached hydrogens (tertiary/aromatic N) is 1. The van der Waals surface area contributed by atoms with Crippen LogP contribution in [0.4, 0.5) is 5.69 Å². The van der Waals surface area contributed by atoms with Crippen LogP contribution in [0.15, 0.2) is 66.9 Å². The Morgan fingerprint density at radius 3 is 2.47 bits per heavy atom. The van der Waals surface area contributed by atoms with Crippen LogP contribution in [0.3, 0.4) is 0 Å². The van der Waals surface area contributed by atoms with E-state index in [4.69, 9.17) is 5.21 Å². The van der Waals surface area contributed by atoms with Crippen LogP contribution in [0.5, 0.6) is 0 Å². The Kier molecular flexibility index (Phi) is 8.28. The van der Waals surface area contributed by atoms with Gasteiger partial charge in [-0.2, -0.15) is 0 Å². The maximum Gasteiger partial charge on any atom is 0.253 e. The maximum absolute atomic E-state index is 12.9. The number of anilines is 1. The third-order valence-corrected chi connectivity index (χ3v) is 5.04. The molecule has 0 fully saturated rings. The van der Waals surface area contributed by atoms with E-state index in [-0.39, 0.29) is 18.2 Å². The second kappa shape index (κ2) is 11.6. The van der Waals surface area contributed by atoms with Gasteiger partial charge in [0.05, 0.1) is 11.1 Å². The molecule has 0 bridgehead atoms. The topological polar surface area (TPSA) is 120 Å². The van der Waals surface area contributed by atoms with Gasteiger partial charge < -0.3 is 10.6 Å². The van der Waals surface area contributed by atoms with Crippen molar-refractivity contribution in [1.29, 1.82) is 0 Å². The second-order valence-corrected chi connectivity index (χ2v) is 7.43. The maximum atomic E-state index is 12.9. The molecule has 2 aromatic carbocycles. The van der Waals surface area contributed by atoms with Gasteiger partial charge in [0.15, 0.2) is 0 Å². The summed E-state index contributed by atoms with van der Waals surface area (Å²) in [6, 6.07) is 17.5. The van der Waals surface area contributed by atoms with Gasteiger partial charge in [-0.1, -0.05) is 49.2 Å². The highest BCUT2D eigenvalue weighted by Gasteiger charge is 2.22. The average Bonchev–Trinajstić information content (AvgIpc) is 2.83. The first-order valence-corrected chi connectivity index (χ1v) is 10.5. The van der Waals surface area contributed by atoms with Gasteiger partial charge in [-0.3, -0.25) is 24.6 Å². The average molecular weight is 434 g/mol. The number of unbranched alkanes of at least 4 members (excludes halogenated alkanes) is 2. The predicted octanol–water partition coefficient (Wildman–Crippen LogP) is 3.43. The fourth-order valence-electron chi connectivity index (χ4n) is 3.32. The number of hydrogen-bond acceptors (Lipinski definition) is 5. The molecule has 3 aromatic rings. The second-order valence-electron chi connectivity index (χ2n) is 7.43. The molecular weight excluding hydrogens is 408 g/mol. The molecule has 3 rings (SSSR count). The van der Waals surface area contributed by atoms with Gasteiger partial charge >= 0.3 is 0 Å². The molecular formula is C24H26N4O4. The molecule has 0 aliphatic carbocycles. The number of nitrogens with one attached hydrogen (secondary N) is 3. The van der Waals surface area contributed by atoms with E-state index in [2.05, 4.69) is 15.6 Å². The zero-order valence-electron chi connectivity index (χ0n) is 17.6. The largest absolute Gasteiger partial charge is 0.340 e. The molecule has 1 heterocycles. The summed E-state index contributed by atoms with van der Waals surface area (Å²) in [4.78, 5) is 41.2. The van der Waals surface area contributed by atoms with Crippen LogP contribution in [0.1, 0.15) is 42.5 Å². The number of para-hydroxylation sites is 2. The zero-order chi connectivity index (χ0) is 22.8. The summed E-state index contributed by atoms with van der Waals surface area (Å²) in [7, 11) is 0. The number of carbonyl (C=O) groups is 3. The molecule has 8 heteroatoms. The smallest absolute Gasteiger partial charge is 0.253 e. The van der Waals surface area contributed by atoms with Gasteiger partial charge in [0, 0.05) is 23.7 Å². The standard InChI is InChI=1S/C24H26N4O4/c29-22(28-32)14-6-2-5-13-21(24(31)26-19-10-3-1-4-11-19)27-23(30)18-15-17-9-7-8-12-20(17)25-16-18/h1,3-4,7-12,15-16,21,32H,2,5-6,13-14H2,(H,26,31)(H,27,30)(H,28,29). The molecule has 1 aromatic heterocycles. The van der Waals surface area contributed by atoms with Crippen LogP contribution < -0.4 is 16.1 Å². The van der Waals surface area contributed by atoms with Crippen LogP contribution in [0, 0.1) is 0 Å². The Balaban J connectivity index is 1.66. The van der Waals surface area contributed by atoms with Crippen molar-refractivity contribution in [1.82, 2.24) is 15.8 Å². The normalized spacial score (nSPS) is 11.5. The number of benzene rings is 2. The fraction of sp³-hybridized carbons (Fsp3) is 0.250. The third kappa shape index (κ3) is 6.61. The van der Waals surface area contributed by atoms with Gasteiger partial charge in [0.1, 0.15) is 6.04 Å². The molecule has 166 valence electrons. The molecule has 1 unspecified atom stereocenters. The molecule has 0 aliphatic heterocycles. The molecule has 0 saturated carbocycles. The lowest BCUT2D eigenvalue weighted by atomic mass is 10.0. The molecule has 3 amide bonds. The first-order valence-electron chi connectivity index (χ1n) is 10.5. The zero-order valence-corrected chi connectivity index (χ0v) is 17.6. The quantitative estimate of drug-likeness (QED) is 0.221. The number of rotatable bonds is 10. The monoisotopic (exact) mass is 434 g/mol. The highest BCUT2D eigenvalue weighted by atomic mass is 16.5. The molecule has 0 radical (unpaired) electrons. The first-order chi connectivity index (χ1) is 15.6. The number of hydrogen-bond donors (Lipinski definition) is 4. The third-order valence-electron chi connectivity index (χ3n) is 5.04. The number of hydroxylamine groups is 1. The Hall–Kier alpha value is -3.78. The Morgan fingerprint density at radius 1 is 0.938 bits per heavy atom. The van der Waals surface area contributed by atoms with Crippen molar-refractivity contribution in [2.75, 3.05) is 5.32 Å². The number of pyridine rings is 1. The lowest BCUT2D eigenvalue weighted by Crippen LogP contribution is -2.43. The van der Waals surface area contributed by atoms with E-state index in [9.17, 15) is 14.4 Å². The van der Waals surface area contributed by atoms with Crippen LogP contribution in [0.2, 0.25) is 0 Å². The van der Waals surface area contributed by atoms with E-state index < -0.39 is 11.9 Å². The van der Waals surface area contributed by atoms with Crippen molar-refractivity contribution in [2.45, 2.75) is 38.1 Å². The Morgan fingerprint density at radius 2 is 1.69 bits per heavy atom. The number of aromatic nitrogens is 1. The van der Waals surface area contributed by atoms with Crippen molar-refractivity contribution < 1.29 is 19.6 Å². The Bertz CT molecular complexity index is 1070. The summed E-state index contributed by atoms with van der Waals surface area (Å²) in [5.41, 5.74) is 3.41. The fourth-order valence-corrected chi connectivity index (χ4v) is 3.32. The highest BCUT2D eigenvalue weighted by molar-refractivity contribution is 6.02. The minimum Gasteiger partial charge on any atom is -0.340 e. The van der Waals surface area contributed by atoms with Crippen molar-refractivity contribution in [2.24, 2.45) is 0 Å². The number of fused-ring (bicyclic) bond motifs is 1. The summed E-state index contributed by atoms with van der Waals surface area (Å²) in [6.07, 6.45) is 3.98. The van der Waals surface area contributed by atoms with Gasteiger partial charge in [-0.05, 0) is 37.1 Å². The molecule has 32 heavy (non-hydrogen) atoms. The van der Waals surface area contributed by atoms with E-state index >= 15 is 0 Å². The molecule has 4 N–H and O–H groups in total. The molecule has 0 saturated heterocycles. The van der Waals surface area contributed by atoms with E-state index in [0.717, 1.165) is 10.9 Å². The van der Waals surface area contributed by atoms with Crippen molar-refractivity contribution >= 4 is 34.3 Å². The lowest BCUT2D eigenvalue weighted by Gasteiger charge is -2.19.